The summed E-state index contributed by atoms with van der Waals surface area (Å²) in [6.07, 6.45) is 0.964. The van der Waals surface area contributed by atoms with E-state index in [9.17, 15) is 0 Å². The van der Waals surface area contributed by atoms with Gasteiger partial charge >= 0.3 is 0 Å². The molecule has 1 aliphatic rings. The van der Waals surface area contributed by atoms with Crippen LogP contribution in [-0.2, 0) is 9.47 Å². The Bertz CT molecular complexity index is 394. The third kappa shape index (κ3) is 1.79. The predicted octanol–water partition coefficient (Wildman–Crippen LogP) is 2.90. The van der Waals surface area contributed by atoms with Crippen molar-refractivity contribution < 1.29 is 9.47 Å². The molecule has 0 bridgehead atoms. The summed E-state index contributed by atoms with van der Waals surface area (Å²) in [7, 11) is 3.49. The minimum atomic E-state index is -0.138. The van der Waals surface area contributed by atoms with Gasteiger partial charge in [-0.3, -0.25) is 0 Å². The number of benzene rings is 1. The Balaban J connectivity index is 2.34. The first kappa shape index (κ1) is 11.4. The average Bonchev–Trinajstić information content (AvgIpc) is 2.33. The van der Waals surface area contributed by atoms with E-state index < -0.39 is 0 Å². The molecular weight excluding hydrogens is 200 g/mol. The van der Waals surface area contributed by atoms with Crippen LogP contribution in [0.2, 0.25) is 0 Å². The zero-order valence-corrected chi connectivity index (χ0v) is 10.1. The molecule has 0 fully saturated rings. The summed E-state index contributed by atoms with van der Waals surface area (Å²) < 4.78 is 10.8. The smallest absolute Gasteiger partial charge is 0.0928 e. The molecule has 86 valence electrons. The predicted molar refractivity (Wildman–Crippen MR) is 65.3 cm³/mol. The summed E-state index contributed by atoms with van der Waals surface area (Å²) in [5.41, 5.74) is 3.78. The number of ether oxygens (including phenoxy) is 2. The van der Waals surface area contributed by atoms with Crippen molar-refractivity contribution in [2.45, 2.75) is 18.9 Å². The Kier molecular flexibility index (Phi) is 3.13. The summed E-state index contributed by atoms with van der Waals surface area (Å²) in [6.45, 7) is 2.77. The van der Waals surface area contributed by atoms with Gasteiger partial charge in [-0.25, -0.2) is 0 Å². The van der Waals surface area contributed by atoms with E-state index >= 15 is 0 Å². The minimum absolute atomic E-state index is 0.138. The number of rotatable bonds is 4. The van der Waals surface area contributed by atoms with Crippen molar-refractivity contribution in [3.8, 4) is 0 Å². The second-order valence-corrected chi connectivity index (χ2v) is 4.37. The molecule has 0 amide bonds. The van der Waals surface area contributed by atoms with E-state index in [0.717, 1.165) is 6.42 Å². The minimum Gasteiger partial charge on any atom is -0.380 e. The van der Waals surface area contributed by atoms with Crippen molar-refractivity contribution in [2.75, 3.05) is 20.8 Å². The lowest BCUT2D eigenvalue weighted by Gasteiger charge is -2.42. The third-order valence-electron chi connectivity index (χ3n) is 3.38. The molecule has 0 aliphatic heterocycles. The van der Waals surface area contributed by atoms with E-state index in [1.54, 1.807) is 14.2 Å². The van der Waals surface area contributed by atoms with E-state index in [2.05, 4.69) is 31.2 Å². The van der Waals surface area contributed by atoms with Crippen LogP contribution < -0.4 is 0 Å². The van der Waals surface area contributed by atoms with E-state index in [-0.39, 0.29) is 5.60 Å². The highest BCUT2D eigenvalue weighted by molar-refractivity contribution is 5.77. The molecule has 2 heteroatoms. The zero-order chi connectivity index (χ0) is 11.6. The van der Waals surface area contributed by atoms with Crippen LogP contribution in [0.5, 0.6) is 0 Å². The summed E-state index contributed by atoms with van der Waals surface area (Å²) in [5, 5.41) is 0. The maximum atomic E-state index is 5.55. The molecule has 0 saturated heterocycles. The lowest BCUT2D eigenvalue weighted by Crippen LogP contribution is -2.40. The summed E-state index contributed by atoms with van der Waals surface area (Å²) in [4.78, 5) is 0. The van der Waals surface area contributed by atoms with Gasteiger partial charge in [0, 0.05) is 20.6 Å². The highest BCUT2D eigenvalue weighted by Crippen LogP contribution is 2.46. The van der Waals surface area contributed by atoms with Gasteiger partial charge in [0.15, 0.2) is 0 Å². The van der Waals surface area contributed by atoms with Gasteiger partial charge in [-0.05, 0) is 23.6 Å². The van der Waals surface area contributed by atoms with Crippen LogP contribution in [0, 0.1) is 0 Å². The highest BCUT2D eigenvalue weighted by Gasteiger charge is 2.41. The van der Waals surface area contributed by atoms with Crippen molar-refractivity contribution in [3.63, 3.8) is 0 Å². The van der Waals surface area contributed by atoms with Crippen molar-refractivity contribution in [1.82, 2.24) is 0 Å². The van der Waals surface area contributed by atoms with Crippen LogP contribution in [0.1, 0.15) is 18.9 Å². The number of hydrogen-bond donors (Lipinski definition) is 0. The molecule has 1 atom stereocenters. The van der Waals surface area contributed by atoms with Gasteiger partial charge in [-0.2, -0.15) is 0 Å². The van der Waals surface area contributed by atoms with Crippen molar-refractivity contribution in [2.24, 2.45) is 0 Å². The zero-order valence-electron chi connectivity index (χ0n) is 10.1. The van der Waals surface area contributed by atoms with E-state index in [4.69, 9.17) is 9.47 Å². The van der Waals surface area contributed by atoms with Gasteiger partial charge in [-0.15, -0.1) is 0 Å². The van der Waals surface area contributed by atoms with E-state index in [1.165, 1.54) is 16.7 Å². The first-order chi connectivity index (χ1) is 7.71. The van der Waals surface area contributed by atoms with Gasteiger partial charge in [0.25, 0.3) is 0 Å². The monoisotopic (exact) mass is 218 g/mol. The Morgan fingerprint density at radius 1 is 1.19 bits per heavy atom. The molecule has 0 spiro atoms. The lowest BCUT2D eigenvalue weighted by atomic mass is 9.72. The fourth-order valence-electron chi connectivity index (χ4n) is 2.26. The fraction of sp³-hybridized carbons (Fsp3) is 0.429. The number of methoxy groups -OCH3 is 2. The Hall–Kier alpha value is -1.12. The highest BCUT2D eigenvalue weighted by atomic mass is 16.5. The van der Waals surface area contributed by atoms with Crippen LogP contribution in [0.3, 0.4) is 0 Å². The fourth-order valence-corrected chi connectivity index (χ4v) is 2.26. The first-order valence-corrected chi connectivity index (χ1v) is 5.53. The van der Waals surface area contributed by atoms with Crippen LogP contribution in [0.15, 0.2) is 35.9 Å². The molecule has 1 unspecified atom stereocenters. The largest absolute Gasteiger partial charge is 0.380 e. The van der Waals surface area contributed by atoms with Crippen LogP contribution in [0.4, 0.5) is 0 Å². The van der Waals surface area contributed by atoms with Crippen molar-refractivity contribution in [3.05, 3.63) is 41.5 Å². The van der Waals surface area contributed by atoms with Crippen molar-refractivity contribution in [1.29, 1.82) is 0 Å². The average molecular weight is 218 g/mol. The van der Waals surface area contributed by atoms with Gasteiger partial charge in [0.05, 0.1) is 12.2 Å². The molecule has 0 N–H and O–H groups in total. The quantitative estimate of drug-likeness (QED) is 0.773. The molecule has 2 rings (SSSR count). The summed E-state index contributed by atoms with van der Waals surface area (Å²) in [6, 6.07) is 10.4. The van der Waals surface area contributed by atoms with Gasteiger partial charge < -0.3 is 9.47 Å². The lowest BCUT2D eigenvalue weighted by molar-refractivity contribution is 0.0160. The molecule has 0 radical (unpaired) electrons. The van der Waals surface area contributed by atoms with Gasteiger partial charge in [0.1, 0.15) is 0 Å². The van der Waals surface area contributed by atoms with Crippen LogP contribution in [-0.4, -0.2) is 26.4 Å². The summed E-state index contributed by atoms with van der Waals surface area (Å²) in [5.74, 6) is 0. The Morgan fingerprint density at radius 2 is 1.88 bits per heavy atom. The SMILES string of the molecule is COCC1=C(c2ccccc2)CC1(C)OC. The maximum Gasteiger partial charge on any atom is 0.0928 e. The second kappa shape index (κ2) is 4.40. The maximum absolute atomic E-state index is 5.55. The molecule has 0 aromatic heterocycles. The van der Waals surface area contributed by atoms with Gasteiger partial charge in [-0.1, -0.05) is 30.3 Å². The van der Waals surface area contributed by atoms with E-state index in [0.29, 0.717) is 6.61 Å². The topological polar surface area (TPSA) is 18.5 Å². The van der Waals surface area contributed by atoms with Gasteiger partial charge in [0.2, 0.25) is 0 Å². The molecule has 1 aliphatic carbocycles. The first-order valence-electron chi connectivity index (χ1n) is 5.53. The van der Waals surface area contributed by atoms with Crippen LogP contribution >= 0.6 is 0 Å². The van der Waals surface area contributed by atoms with Crippen LogP contribution in [0.25, 0.3) is 5.57 Å². The Labute approximate surface area is 96.9 Å². The van der Waals surface area contributed by atoms with Crippen molar-refractivity contribution >= 4 is 5.57 Å². The third-order valence-corrected chi connectivity index (χ3v) is 3.38. The number of hydrogen-bond acceptors (Lipinski definition) is 2. The molecule has 1 aromatic carbocycles. The second-order valence-electron chi connectivity index (χ2n) is 4.37. The molecule has 2 nitrogen and oxygen atoms in total. The molecule has 0 heterocycles. The molecule has 16 heavy (non-hydrogen) atoms. The standard InChI is InChI=1S/C14H18O2/c1-14(16-3)9-12(13(14)10-15-2)11-7-5-4-6-8-11/h4-8H,9-10H2,1-3H3. The molecule has 0 saturated carbocycles. The summed E-state index contributed by atoms with van der Waals surface area (Å²) >= 11 is 0. The molecule has 1 aromatic rings. The Morgan fingerprint density at radius 3 is 2.44 bits per heavy atom. The molecular formula is C14H18O2. The van der Waals surface area contributed by atoms with E-state index in [1.807, 2.05) is 6.07 Å². The normalized spacial score (nSPS) is 24.4.